The van der Waals surface area contributed by atoms with E-state index in [-0.39, 0.29) is 5.56 Å². The predicted octanol–water partition coefficient (Wildman–Crippen LogP) is 1.66. The Morgan fingerprint density at radius 1 is 1.44 bits per heavy atom. The van der Waals surface area contributed by atoms with E-state index < -0.39 is 29.7 Å². The molecule has 0 bridgehead atoms. The third-order valence-corrected chi connectivity index (χ3v) is 2.14. The Hall–Kier alpha value is -1.69. The van der Waals surface area contributed by atoms with E-state index in [2.05, 4.69) is 0 Å². The molecule has 1 atom stereocenters. The number of aryl methyl sites for hydroxylation is 1. The predicted molar refractivity (Wildman–Crippen MR) is 52.7 cm³/mol. The Labute approximate surface area is 90.3 Å². The fraction of sp³-hybridized carbons (Fsp3) is 0.300. The van der Waals surface area contributed by atoms with Crippen molar-refractivity contribution in [2.24, 2.45) is 5.73 Å². The Kier molecular flexibility index (Phi) is 3.44. The third kappa shape index (κ3) is 2.27. The van der Waals surface area contributed by atoms with Gasteiger partial charge in [0.2, 0.25) is 0 Å². The number of aromatic hydroxyl groups is 1. The van der Waals surface area contributed by atoms with Gasteiger partial charge >= 0.3 is 5.97 Å². The van der Waals surface area contributed by atoms with Crippen LogP contribution in [0.5, 0.6) is 5.75 Å². The molecule has 0 saturated heterocycles. The molecule has 0 heterocycles. The van der Waals surface area contributed by atoms with Crippen molar-refractivity contribution in [3.8, 4) is 5.75 Å². The summed E-state index contributed by atoms with van der Waals surface area (Å²) in [5.41, 5.74) is 4.94. The maximum absolute atomic E-state index is 12.4. The molecule has 0 saturated carbocycles. The van der Waals surface area contributed by atoms with Crippen LogP contribution in [0.3, 0.4) is 0 Å². The number of rotatable bonds is 3. The van der Waals surface area contributed by atoms with Crippen molar-refractivity contribution >= 4 is 5.97 Å². The smallest absolute Gasteiger partial charge is 0.339 e. The summed E-state index contributed by atoms with van der Waals surface area (Å²) in [7, 11) is 0. The number of carboxylic acid groups (broad SMARTS) is 1. The second-order valence-electron chi connectivity index (χ2n) is 3.42. The maximum atomic E-state index is 12.4. The molecule has 6 heteroatoms. The molecule has 0 aliphatic heterocycles. The van der Waals surface area contributed by atoms with Crippen molar-refractivity contribution < 1.29 is 23.8 Å². The monoisotopic (exact) mass is 231 g/mol. The normalized spacial score (nSPS) is 12.8. The first-order valence-electron chi connectivity index (χ1n) is 4.45. The fourth-order valence-corrected chi connectivity index (χ4v) is 1.36. The minimum Gasteiger partial charge on any atom is -0.507 e. The van der Waals surface area contributed by atoms with Crippen LogP contribution < -0.4 is 5.73 Å². The van der Waals surface area contributed by atoms with Crippen LogP contribution in [0, 0.1) is 6.92 Å². The van der Waals surface area contributed by atoms with E-state index in [0.29, 0.717) is 5.56 Å². The second kappa shape index (κ2) is 4.44. The van der Waals surface area contributed by atoms with Crippen LogP contribution in [0.2, 0.25) is 0 Å². The van der Waals surface area contributed by atoms with Gasteiger partial charge in [-0.3, -0.25) is 0 Å². The number of phenols is 1. The van der Waals surface area contributed by atoms with Gasteiger partial charge in [0.1, 0.15) is 11.3 Å². The summed E-state index contributed by atoms with van der Waals surface area (Å²) in [6, 6.07) is 0.746. The average molecular weight is 231 g/mol. The maximum Gasteiger partial charge on any atom is 0.339 e. The molecule has 0 spiro atoms. The molecule has 4 N–H and O–H groups in total. The lowest BCUT2D eigenvalue weighted by Gasteiger charge is -2.15. The molecule has 0 amide bonds. The molecule has 0 aromatic heterocycles. The number of alkyl halides is 2. The number of benzene rings is 1. The van der Waals surface area contributed by atoms with Gasteiger partial charge in [-0.25, -0.2) is 13.6 Å². The fourth-order valence-electron chi connectivity index (χ4n) is 1.36. The number of hydrogen-bond acceptors (Lipinski definition) is 3. The molecule has 1 aromatic carbocycles. The van der Waals surface area contributed by atoms with Crippen LogP contribution in [0.15, 0.2) is 12.1 Å². The molecule has 0 unspecified atom stereocenters. The molecule has 0 radical (unpaired) electrons. The largest absolute Gasteiger partial charge is 0.507 e. The van der Waals surface area contributed by atoms with Gasteiger partial charge in [0.05, 0.1) is 6.04 Å². The summed E-state index contributed by atoms with van der Waals surface area (Å²) in [4.78, 5) is 10.7. The molecular weight excluding hydrogens is 220 g/mol. The van der Waals surface area contributed by atoms with E-state index in [4.69, 9.17) is 10.8 Å². The van der Waals surface area contributed by atoms with Crippen LogP contribution >= 0.6 is 0 Å². The molecule has 0 aliphatic rings. The molecule has 0 aliphatic carbocycles. The van der Waals surface area contributed by atoms with Crippen molar-refractivity contribution in [1.29, 1.82) is 0 Å². The minimum atomic E-state index is -2.87. The summed E-state index contributed by atoms with van der Waals surface area (Å²) >= 11 is 0. The zero-order valence-electron chi connectivity index (χ0n) is 8.45. The molecule has 0 fully saturated rings. The van der Waals surface area contributed by atoms with Crippen LogP contribution in [-0.4, -0.2) is 22.6 Å². The number of carbonyl (C=O) groups is 1. The van der Waals surface area contributed by atoms with E-state index in [9.17, 15) is 18.7 Å². The van der Waals surface area contributed by atoms with E-state index in [0.717, 1.165) is 0 Å². The average Bonchev–Trinajstić information content (AvgIpc) is 2.19. The van der Waals surface area contributed by atoms with Crippen LogP contribution in [0.4, 0.5) is 8.78 Å². The highest BCUT2D eigenvalue weighted by Crippen LogP contribution is 2.31. The highest BCUT2D eigenvalue weighted by Gasteiger charge is 2.24. The molecule has 4 nitrogen and oxygen atoms in total. The van der Waals surface area contributed by atoms with Gasteiger partial charge < -0.3 is 15.9 Å². The summed E-state index contributed by atoms with van der Waals surface area (Å²) in [5.74, 6) is -2.09. The van der Waals surface area contributed by atoms with E-state index >= 15 is 0 Å². The van der Waals surface area contributed by atoms with Crippen LogP contribution in [-0.2, 0) is 0 Å². The number of hydrogen-bond donors (Lipinski definition) is 3. The van der Waals surface area contributed by atoms with E-state index in [1.165, 1.54) is 19.1 Å². The molecule has 1 rings (SSSR count). The van der Waals surface area contributed by atoms with Crippen molar-refractivity contribution in [1.82, 2.24) is 0 Å². The Morgan fingerprint density at radius 2 is 2.00 bits per heavy atom. The summed E-state index contributed by atoms with van der Waals surface area (Å²) in [5, 5.41) is 18.3. The Bertz CT molecular complexity index is 421. The number of halogens is 2. The van der Waals surface area contributed by atoms with Gasteiger partial charge in [0, 0.05) is 5.56 Å². The summed E-state index contributed by atoms with van der Waals surface area (Å²) in [6.45, 7) is 1.54. The van der Waals surface area contributed by atoms with Gasteiger partial charge in [-0.15, -0.1) is 0 Å². The lowest BCUT2D eigenvalue weighted by atomic mass is 10.00. The Morgan fingerprint density at radius 3 is 2.44 bits per heavy atom. The highest BCUT2D eigenvalue weighted by molar-refractivity contribution is 5.91. The van der Waals surface area contributed by atoms with E-state index in [1.54, 1.807) is 0 Å². The van der Waals surface area contributed by atoms with Crippen molar-refractivity contribution in [3.63, 3.8) is 0 Å². The van der Waals surface area contributed by atoms with Gasteiger partial charge in [0.15, 0.2) is 0 Å². The zero-order valence-corrected chi connectivity index (χ0v) is 8.45. The molecule has 88 valence electrons. The lowest BCUT2D eigenvalue weighted by molar-refractivity contribution is 0.0692. The van der Waals surface area contributed by atoms with Crippen molar-refractivity contribution in [2.45, 2.75) is 19.4 Å². The van der Waals surface area contributed by atoms with E-state index in [1.807, 2.05) is 0 Å². The summed E-state index contributed by atoms with van der Waals surface area (Å²) < 4.78 is 24.8. The number of carboxylic acids is 1. The first kappa shape index (κ1) is 12.4. The summed E-state index contributed by atoms with van der Waals surface area (Å²) in [6.07, 6.45) is -2.87. The number of aromatic carboxylic acids is 1. The Balaban J connectivity index is 3.35. The van der Waals surface area contributed by atoms with Gasteiger partial charge in [0.25, 0.3) is 6.43 Å². The quantitative estimate of drug-likeness (QED) is 0.738. The molecule has 1 aromatic rings. The van der Waals surface area contributed by atoms with Gasteiger partial charge in [-0.05, 0) is 18.6 Å². The van der Waals surface area contributed by atoms with Crippen LogP contribution in [0.1, 0.15) is 27.5 Å². The van der Waals surface area contributed by atoms with Crippen molar-refractivity contribution in [2.75, 3.05) is 0 Å². The first-order chi connectivity index (χ1) is 7.34. The highest BCUT2D eigenvalue weighted by atomic mass is 19.3. The third-order valence-electron chi connectivity index (χ3n) is 2.14. The standard InChI is InChI=1S/C10H11F2NO3/c1-4-2-5(7(13)9(11)12)8(14)6(3-4)10(15)16/h2-3,7,9,14H,13H2,1H3,(H,15,16)/t7-/m0/s1. The van der Waals surface area contributed by atoms with Crippen molar-refractivity contribution in [3.05, 3.63) is 28.8 Å². The van der Waals surface area contributed by atoms with Gasteiger partial charge in [-0.2, -0.15) is 0 Å². The SMILES string of the molecule is Cc1cc(C(=O)O)c(O)c([C@H](N)C(F)F)c1. The molecular formula is C10H11F2NO3. The first-order valence-corrected chi connectivity index (χ1v) is 4.45. The zero-order chi connectivity index (χ0) is 12.5. The lowest BCUT2D eigenvalue weighted by Crippen LogP contribution is -2.20. The minimum absolute atomic E-state index is 0.257. The number of nitrogens with two attached hydrogens (primary N) is 1. The second-order valence-corrected chi connectivity index (χ2v) is 3.42. The van der Waals surface area contributed by atoms with Crippen LogP contribution in [0.25, 0.3) is 0 Å². The molecule has 16 heavy (non-hydrogen) atoms. The van der Waals surface area contributed by atoms with Gasteiger partial charge in [-0.1, -0.05) is 6.07 Å². The topological polar surface area (TPSA) is 83.5 Å².